The van der Waals surface area contributed by atoms with Crippen molar-refractivity contribution in [2.24, 2.45) is 5.14 Å². The molecule has 0 fully saturated rings. The van der Waals surface area contributed by atoms with E-state index in [1.165, 1.54) is 23.9 Å². The van der Waals surface area contributed by atoms with Gasteiger partial charge in [-0.1, -0.05) is 52.0 Å². The van der Waals surface area contributed by atoms with Gasteiger partial charge in [-0.05, 0) is 54.4 Å². The van der Waals surface area contributed by atoms with Crippen LogP contribution in [0.25, 0.3) is 27.6 Å². The number of hydrogen-bond acceptors (Lipinski definition) is 6. The number of aromatic nitrogens is 3. The predicted molar refractivity (Wildman–Crippen MR) is 141 cm³/mol. The van der Waals surface area contributed by atoms with E-state index in [2.05, 4.69) is 21.2 Å². The van der Waals surface area contributed by atoms with Crippen molar-refractivity contribution in [3.63, 3.8) is 0 Å². The van der Waals surface area contributed by atoms with Crippen LogP contribution in [0.5, 0.6) is 0 Å². The van der Waals surface area contributed by atoms with E-state index < -0.39 is 10.0 Å². The lowest BCUT2D eigenvalue weighted by Gasteiger charge is -2.09. The van der Waals surface area contributed by atoms with Crippen LogP contribution in [0.15, 0.2) is 81.3 Å². The molecule has 0 bridgehead atoms. The number of thioether (sulfide) groups is 1. The molecule has 0 spiro atoms. The van der Waals surface area contributed by atoms with Crippen LogP contribution in [-0.4, -0.2) is 41.0 Å². The highest BCUT2D eigenvalue weighted by Crippen LogP contribution is 2.30. The fraction of sp³-hybridized carbons (Fsp3) is 0.125. The van der Waals surface area contributed by atoms with Gasteiger partial charge >= 0.3 is 0 Å². The van der Waals surface area contributed by atoms with Crippen LogP contribution in [0.2, 0.25) is 0 Å². The number of rotatable bonds is 7. The Kier molecular flexibility index (Phi) is 6.49. The molecule has 35 heavy (non-hydrogen) atoms. The first-order chi connectivity index (χ1) is 16.8. The Labute approximate surface area is 214 Å². The summed E-state index contributed by atoms with van der Waals surface area (Å²) in [6.45, 7) is 0.427. The molecule has 3 aromatic carbocycles. The fourth-order valence-corrected chi connectivity index (χ4v) is 5.52. The number of carbonyl (C=O) groups is 1. The van der Waals surface area contributed by atoms with E-state index >= 15 is 0 Å². The highest BCUT2D eigenvalue weighted by Gasteiger charge is 2.16. The van der Waals surface area contributed by atoms with Crippen LogP contribution in [-0.2, 0) is 21.2 Å². The summed E-state index contributed by atoms with van der Waals surface area (Å²) in [6.07, 6.45) is 0.570. The smallest absolute Gasteiger partial charge is 0.238 e. The minimum absolute atomic E-state index is 0.0651. The SMILES string of the molecule is NS(=O)(=O)c1ccc(CCNC(=O)CSc2nc3ccc(Br)cc3c3nc4ccccc4n23)cc1. The highest BCUT2D eigenvalue weighted by atomic mass is 79.9. The van der Waals surface area contributed by atoms with E-state index in [1.54, 1.807) is 12.1 Å². The Balaban J connectivity index is 1.31. The Hall–Kier alpha value is -2.99. The first kappa shape index (κ1) is 23.7. The lowest BCUT2D eigenvalue weighted by Crippen LogP contribution is -2.27. The molecule has 178 valence electrons. The van der Waals surface area contributed by atoms with Gasteiger partial charge < -0.3 is 5.32 Å². The number of fused-ring (bicyclic) bond motifs is 5. The van der Waals surface area contributed by atoms with Crippen molar-refractivity contribution in [2.75, 3.05) is 12.3 Å². The third-order valence-corrected chi connectivity index (χ3v) is 7.85. The molecule has 0 atom stereocenters. The first-order valence-electron chi connectivity index (χ1n) is 10.7. The van der Waals surface area contributed by atoms with Gasteiger partial charge in [0, 0.05) is 16.4 Å². The van der Waals surface area contributed by atoms with Crippen molar-refractivity contribution in [2.45, 2.75) is 16.5 Å². The maximum absolute atomic E-state index is 12.6. The summed E-state index contributed by atoms with van der Waals surface area (Å²) in [7, 11) is -3.72. The van der Waals surface area contributed by atoms with Gasteiger partial charge in [-0.3, -0.25) is 9.20 Å². The van der Waals surface area contributed by atoms with Crippen molar-refractivity contribution in [3.8, 4) is 0 Å². The molecule has 0 saturated heterocycles. The number of halogens is 1. The molecular weight excluding hydrogens is 550 g/mol. The van der Waals surface area contributed by atoms with E-state index in [1.807, 2.05) is 46.9 Å². The van der Waals surface area contributed by atoms with Gasteiger partial charge in [0.05, 0.1) is 27.2 Å². The number of imidazole rings is 1. The number of nitrogens with one attached hydrogen (secondary N) is 1. The number of para-hydroxylation sites is 2. The quantitative estimate of drug-likeness (QED) is 0.226. The van der Waals surface area contributed by atoms with Crippen molar-refractivity contribution < 1.29 is 13.2 Å². The highest BCUT2D eigenvalue weighted by molar-refractivity contribution is 9.10. The predicted octanol–water partition coefficient (Wildman–Crippen LogP) is 3.90. The molecule has 3 N–H and O–H groups in total. The van der Waals surface area contributed by atoms with Gasteiger partial charge in [-0.25, -0.2) is 23.5 Å². The zero-order chi connectivity index (χ0) is 24.6. The normalized spacial score (nSPS) is 11.9. The first-order valence-corrected chi connectivity index (χ1v) is 14.0. The van der Waals surface area contributed by atoms with E-state index in [4.69, 9.17) is 15.1 Å². The van der Waals surface area contributed by atoms with E-state index in [0.717, 1.165) is 37.6 Å². The molecule has 1 amide bonds. The second-order valence-corrected chi connectivity index (χ2v) is 11.3. The average Bonchev–Trinajstić information content (AvgIpc) is 3.23. The number of benzene rings is 3. The van der Waals surface area contributed by atoms with Crippen molar-refractivity contribution in [1.82, 2.24) is 19.7 Å². The zero-order valence-electron chi connectivity index (χ0n) is 18.3. The van der Waals surface area contributed by atoms with Gasteiger partial charge in [0.2, 0.25) is 15.9 Å². The van der Waals surface area contributed by atoms with Crippen molar-refractivity contribution in [1.29, 1.82) is 0 Å². The van der Waals surface area contributed by atoms with Crippen molar-refractivity contribution >= 4 is 71.2 Å². The molecule has 0 aliphatic heterocycles. The van der Waals surface area contributed by atoms with Gasteiger partial charge in [0.25, 0.3) is 0 Å². The number of carbonyl (C=O) groups excluding carboxylic acids is 1. The summed E-state index contributed by atoms with van der Waals surface area (Å²) in [4.78, 5) is 22.3. The second-order valence-electron chi connectivity index (χ2n) is 7.89. The molecule has 8 nitrogen and oxygen atoms in total. The fourth-order valence-electron chi connectivity index (χ4n) is 3.81. The average molecular weight is 570 g/mol. The summed E-state index contributed by atoms with van der Waals surface area (Å²) in [5.41, 5.74) is 4.30. The summed E-state index contributed by atoms with van der Waals surface area (Å²) in [5.74, 6) is 0.0764. The van der Waals surface area contributed by atoms with Gasteiger partial charge in [-0.2, -0.15) is 0 Å². The molecule has 0 radical (unpaired) electrons. The maximum atomic E-state index is 12.6. The maximum Gasteiger partial charge on any atom is 0.238 e. The standard InChI is InChI=1S/C24H20BrN5O3S2/c25-16-7-10-19-18(13-16)23-28-20-3-1-2-4-21(20)30(23)24(29-19)34-14-22(31)27-12-11-15-5-8-17(9-6-15)35(26,32)33/h1-10,13H,11-12,14H2,(H,27,31)(H2,26,32,33). The van der Waals surface area contributed by atoms with Crippen molar-refractivity contribution in [3.05, 3.63) is 76.8 Å². The molecule has 11 heteroatoms. The van der Waals surface area contributed by atoms with Crippen LogP contribution in [0.3, 0.4) is 0 Å². The molecule has 0 saturated carbocycles. The van der Waals surface area contributed by atoms with Crippen LogP contribution >= 0.6 is 27.7 Å². The Morgan fingerprint density at radius 1 is 1.03 bits per heavy atom. The Morgan fingerprint density at radius 3 is 2.57 bits per heavy atom. The molecule has 5 rings (SSSR count). The largest absolute Gasteiger partial charge is 0.355 e. The minimum atomic E-state index is -3.72. The topological polar surface area (TPSA) is 119 Å². The number of hydrogen-bond donors (Lipinski definition) is 2. The van der Waals surface area contributed by atoms with E-state index in [-0.39, 0.29) is 16.6 Å². The number of nitrogens with zero attached hydrogens (tertiary/aromatic N) is 3. The van der Waals surface area contributed by atoms with Crippen LogP contribution in [0.1, 0.15) is 5.56 Å². The monoisotopic (exact) mass is 569 g/mol. The number of primary sulfonamides is 1. The second kappa shape index (κ2) is 9.57. The molecule has 2 aromatic heterocycles. The lowest BCUT2D eigenvalue weighted by atomic mass is 10.1. The molecule has 0 aliphatic rings. The van der Waals surface area contributed by atoms with Gasteiger partial charge in [0.1, 0.15) is 5.65 Å². The van der Waals surface area contributed by atoms with Gasteiger partial charge in [0.15, 0.2) is 5.16 Å². The number of nitrogens with two attached hydrogens (primary N) is 1. The Morgan fingerprint density at radius 2 is 1.80 bits per heavy atom. The number of sulfonamides is 1. The summed E-state index contributed by atoms with van der Waals surface area (Å²) in [5, 5.41) is 9.65. The number of amides is 1. The third kappa shape index (κ3) is 5.03. The Bertz CT molecular complexity index is 1690. The lowest BCUT2D eigenvalue weighted by molar-refractivity contribution is -0.118. The minimum Gasteiger partial charge on any atom is -0.355 e. The summed E-state index contributed by atoms with van der Waals surface area (Å²) >= 11 is 4.88. The van der Waals surface area contributed by atoms with Crippen LogP contribution in [0.4, 0.5) is 0 Å². The molecule has 2 heterocycles. The van der Waals surface area contributed by atoms with E-state index in [0.29, 0.717) is 18.1 Å². The van der Waals surface area contributed by atoms with E-state index in [9.17, 15) is 13.2 Å². The molecule has 5 aromatic rings. The van der Waals surface area contributed by atoms with Crippen LogP contribution in [0, 0.1) is 0 Å². The molecule has 0 aliphatic carbocycles. The third-order valence-electron chi connectivity index (χ3n) is 5.49. The van der Waals surface area contributed by atoms with Gasteiger partial charge in [-0.15, -0.1) is 0 Å². The molecule has 0 unspecified atom stereocenters. The zero-order valence-corrected chi connectivity index (χ0v) is 21.5. The van der Waals surface area contributed by atoms with Crippen LogP contribution < -0.4 is 10.5 Å². The molecular formula is C24H20BrN5O3S2. The summed E-state index contributed by atoms with van der Waals surface area (Å²) in [6, 6.07) is 20.0. The summed E-state index contributed by atoms with van der Waals surface area (Å²) < 4.78 is 25.7.